The fraction of sp³-hybridized carbons (Fsp3) is 0.471. The van der Waals surface area contributed by atoms with E-state index < -0.39 is 29.0 Å². The molecule has 6 nitrogen and oxygen atoms in total. The van der Waals surface area contributed by atoms with Crippen LogP contribution in [0.15, 0.2) is 24.3 Å². The monoisotopic (exact) mass is 370 g/mol. The van der Waals surface area contributed by atoms with E-state index in [-0.39, 0.29) is 17.6 Å². The summed E-state index contributed by atoms with van der Waals surface area (Å²) in [5.41, 5.74) is 0.465. The van der Waals surface area contributed by atoms with Crippen LogP contribution >= 0.6 is 11.8 Å². The van der Waals surface area contributed by atoms with Crippen LogP contribution in [0.2, 0.25) is 0 Å². The number of anilines is 1. The van der Waals surface area contributed by atoms with Crippen molar-refractivity contribution in [2.75, 3.05) is 11.1 Å². The Morgan fingerprint density at radius 2 is 1.76 bits per heavy atom. The molecule has 138 valence electrons. The number of amides is 2. The summed E-state index contributed by atoms with van der Waals surface area (Å²) in [7, 11) is 0. The van der Waals surface area contributed by atoms with E-state index in [1.165, 1.54) is 24.3 Å². The minimum Gasteiger partial charge on any atom is -0.480 e. The second kappa shape index (κ2) is 10.0. The maximum Gasteiger partial charge on any atom is 0.326 e. The Labute approximate surface area is 150 Å². The Morgan fingerprint density at radius 3 is 2.28 bits per heavy atom. The van der Waals surface area contributed by atoms with E-state index in [9.17, 15) is 18.8 Å². The molecule has 0 bridgehead atoms. The molecule has 25 heavy (non-hydrogen) atoms. The summed E-state index contributed by atoms with van der Waals surface area (Å²) in [4.78, 5) is 35.1. The second-order valence-electron chi connectivity index (χ2n) is 6.04. The number of hydrogen-bond donors (Lipinski definition) is 3. The first kappa shape index (κ1) is 21.0. The van der Waals surface area contributed by atoms with Crippen molar-refractivity contribution in [3.05, 3.63) is 30.1 Å². The van der Waals surface area contributed by atoms with Crippen LogP contribution in [0.4, 0.5) is 10.1 Å². The maximum absolute atomic E-state index is 12.8. The second-order valence-corrected chi connectivity index (χ2v) is 7.37. The van der Waals surface area contributed by atoms with Crippen molar-refractivity contribution in [3.8, 4) is 0 Å². The average molecular weight is 370 g/mol. The van der Waals surface area contributed by atoms with E-state index in [0.717, 1.165) is 11.8 Å². The topological polar surface area (TPSA) is 95.5 Å². The molecule has 0 saturated heterocycles. The van der Waals surface area contributed by atoms with Crippen molar-refractivity contribution in [3.63, 3.8) is 0 Å². The number of halogens is 1. The van der Waals surface area contributed by atoms with Gasteiger partial charge in [0.1, 0.15) is 11.9 Å². The third kappa shape index (κ3) is 8.02. The normalized spacial score (nSPS) is 13.2. The average Bonchev–Trinajstić information content (AvgIpc) is 2.53. The van der Waals surface area contributed by atoms with Crippen molar-refractivity contribution >= 4 is 35.2 Å². The SMILES string of the molecule is CC(C)C[C@@H](NC(=O)C(C)SCC(=O)Nc1ccc(F)cc1)C(=O)O. The van der Waals surface area contributed by atoms with Gasteiger partial charge < -0.3 is 15.7 Å². The van der Waals surface area contributed by atoms with Crippen LogP contribution in [0.5, 0.6) is 0 Å². The number of aliphatic carboxylic acids is 1. The van der Waals surface area contributed by atoms with Crippen molar-refractivity contribution in [1.82, 2.24) is 5.32 Å². The standard InChI is InChI=1S/C17H23FN2O4S/c1-10(2)8-14(17(23)24)20-16(22)11(3)25-9-15(21)19-13-6-4-12(18)5-7-13/h4-7,10-11,14H,8-9H2,1-3H3,(H,19,21)(H,20,22)(H,23,24)/t11?,14-/m1/s1. The molecule has 0 spiro atoms. The van der Waals surface area contributed by atoms with Crippen LogP contribution < -0.4 is 10.6 Å². The quantitative estimate of drug-likeness (QED) is 0.621. The highest BCUT2D eigenvalue weighted by molar-refractivity contribution is 8.01. The molecule has 0 heterocycles. The lowest BCUT2D eigenvalue weighted by Gasteiger charge is -2.19. The minimum absolute atomic E-state index is 0.0217. The Bertz CT molecular complexity index is 607. The van der Waals surface area contributed by atoms with Crippen LogP contribution in [0.3, 0.4) is 0 Å². The number of carboxylic acid groups (broad SMARTS) is 1. The highest BCUT2D eigenvalue weighted by Crippen LogP contribution is 2.14. The summed E-state index contributed by atoms with van der Waals surface area (Å²) >= 11 is 1.10. The van der Waals surface area contributed by atoms with Crippen LogP contribution in [0, 0.1) is 11.7 Å². The third-order valence-electron chi connectivity index (χ3n) is 3.28. The van der Waals surface area contributed by atoms with Gasteiger partial charge in [0.05, 0.1) is 11.0 Å². The van der Waals surface area contributed by atoms with Crippen molar-refractivity contribution in [1.29, 1.82) is 0 Å². The van der Waals surface area contributed by atoms with E-state index in [1.807, 2.05) is 13.8 Å². The molecule has 0 radical (unpaired) electrons. The van der Waals surface area contributed by atoms with Gasteiger partial charge in [0, 0.05) is 5.69 Å². The summed E-state index contributed by atoms with van der Waals surface area (Å²) < 4.78 is 12.8. The molecule has 8 heteroatoms. The summed E-state index contributed by atoms with van der Waals surface area (Å²) in [6.45, 7) is 5.36. The van der Waals surface area contributed by atoms with E-state index in [0.29, 0.717) is 12.1 Å². The Balaban J connectivity index is 2.44. The summed E-state index contributed by atoms with van der Waals surface area (Å²) in [5.74, 6) is -2.07. The number of thioether (sulfide) groups is 1. The lowest BCUT2D eigenvalue weighted by molar-refractivity contribution is -0.142. The molecule has 0 saturated carbocycles. The van der Waals surface area contributed by atoms with E-state index in [1.54, 1.807) is 6.92 Å². The van der Waals surface area contributed by atoms with Crippen molar-refractivity contribution in [2.45, 2.75) is 38.5 Å². The Morgan fingerprint density at radius 1 is 1.16 bits per heavy atom. The zero-order valence-corrected chi connectivity index (χ0v) is 15.2. The smallest absolute Gasteiger partial charge is 0.326 e. The molecular weight excluding hydrogens is 347 g/mol. The lowest BCUT2D eigenvalue weighted by atomic mass is 10.0. The van der Waals surface area contributed by atoms with Gasteiger partial charge in [0.2, 0.25) is 11.8 Å². The third-order valence-corrected chi connectivity index (χ3v) is 4.43. The maximum atomic E-state index is 12.8. The molecule has 0 aliphatic carbocycles. The molecule has 1 unspecified atom stereocenters. The number of nitrogens with one attached hydrogen (secondary N) is 2. The molecule has 1 aromatic carbocycles. The van der Waals surface area contributed by atoms with Gasteiger partial charge in [-0.2, -0.15) is 0 Å². The number of rotatable bonds is 9. The van der Waals surface area contributed by atoms with E-state index >= 15 is 0 Å². The highest BCUT2D eigenvalue weighted by atomic mass is 32.2. The van der Waals surface area contributed by atoms with Gasteiger partial charge >= 0.3 is 5.97 Å². The molecule has 0 aliphatic rings. The minimum atomic E-state index is -1.08. The molecule has 1 aromatic rings. The Kier molecular flexibility index (Phi) is 8.40. The van der Waals surface area contributed by atoms with Crippen LogP contribution in [-0.4, -0.2) is 39.9 Å². The lowest BCUT2D eigenvalue weighted by Crippen LogP contribution is -2.44. The van der Waals surface area contributed by atoms with E-state index in [2.05, 4.69) is 10.6 Å². The molecule has 0 aliphatic heterocycles. The number of carboxylic acids is 1. The predicted octanol–water partition coefficient (Wildman–Crippen LogP) is 2.50. The number of carbonyl (C=O) groups is 3. The van der Waals surface area contributed by atoms with E-state index in [4.69, 9.17) is 5.11 Å². The number of carbonyl (C=O) groups excluding carboxylic acids is 2. The molecule has 2 atom stereocenters. The van der Waals surface area contributed by atoms with Crippen LogP contribution in [0.25, 0.3) is 0 Å². The van der Waals surface area contributed by atoms with Gasteiger partial charge in [-0.15, -0.1) is 11.8 Å². The van der Waals surface area contributed by atoms with Crippen LogP contribution in [0.1, 0.15) is 27.2 Å². The largest absolute Gasteiger partial charge is 0.480 e. The predicted molar refractivity (Wildman–Crippen MR) is 96.0 cm³/mol. The summed E-state index contributed by atoms with van der Waals surface area (Å²) in [5, 5.41) is 13.7. The van der Waals surface area contributed by atoms with Gasteiger partial charge in [-0.25, -0.2) is 9.18 Å². The first-order valence-electron chi connectivity index (χ1n) is 7.89. The molecule has 0 fully saturated rings. The van der Waals surface area contributed by atoms with Crippen molar-refractivity contribution < 1.29 is 23.9 Å². The fourth-order valence-corrected chi connectivity index (χ4v) is 2.68. The van der Waals surface area contributed by atoms with Crippen LogP contribution in [-0.2, 0) is 14.4 Å². The highest BCUT2D eigenvalue weighted by Gasteiger charge is 2.24. The molecule has 1 rings (SSSR count). The molecule has 0 aromatic heterocycles. The summed E-state index contributed by atoms with van der Waals surface area (Å²) in [6, 6.07) is 4.41. The zero-order chi connectivity index (χ0) is 19.0. The van der Waals surface area contributed by atoms with Crippen molar-refractivity contribution in [2.24, 2.45) is 5.92 Å². The molecule has 2 amide bonds. The fourth-order valence-electron chi connectivity index (χ4n) is 1.99. The number of benzene rings is 1. The Hall–Kier alpha value is -2.09. The number of hydrogen-bond acceptors (Lipinski definition) is 4. The zero-order valence-electron chi connectivity index (χ0n) is 14.4. The first-order valence-corrected chi connectivity index (χ1v) is 8.94. The molecular formula is C17H23FN2O4S. The van der Waals surface area contributed by atoms with Gasteiger partial charge in [-0.05, 0) is 43.5 Å². The first-order chi connectivity index (χ1) is 11.7. The molecule has 3 N–H and O–H groups in total. The van der Waals surface area contributed by atoms with Gasteiger partial charge in [0.15, 0.2) is 0 Å². The van der Waals surface area contributed by atoms with Gasteiger partial charge in [-0.3, -0.25) is 9.59 Å². The van der Waals surface area contributed by atoms with Gasteiger partial charge in [-0.1, -0.05) is 13.8 Å². The summed E-state index contributed by atoms with van der Waals surface area (Å²) in [6.07, 6.45) is 0.337. The van der Waals surface area contributed by atoms with Gasteiger partial charge in [0.25, 0.3) is 0 Å².